The lowest BCUT2D eigenvalue weighted by Crippen LogP contribution is -2.38. The standard InChI is InChI=1S/C23H29N5O3/c1-3-6-17-7-4-10-20(24-17)25-23(29)21-18-8-5-9-19(30-2)22(18)28(26-21)12-11-27-13-15-31-16-14-27/h4-5,7-10H,3,6,11-16H2,1-2H3,(H,24,25,29). The Morgan fingerprint density at radius 2 is 1.97 bits per heavy atom. The number of carbonyl (C=O) groups excluding carboxylic acids is 1. The van der Waals surface area contributed by atoms with E-state index in [1.807, 2.05) is 35.0 Å². The summed E-state index contributed by atoms with van der Waals surface area (Å²) in [5.74, 6) is 0.966. The van der Waals surface area contributed by atoms with E-state index in [2.05, 4.69) is 27.2 Å². The molecule has 31 heavy (non-hydrogen) atoms. The smallest absolute Gasteiger partial charge is 0.277 e. The number of benzene rings is 1. The summed E-state index contributed by atoms with van der Waals surface area (Å²) >= 11 is 0. The third kappa shape index (κ3) is 4.86. The van der Waals surface area contributed by atoms with Gasteiger partial charge in [-0.05, 0) is 24.6 Å². The minimum absolute atomic E-state index is 0.274. The van der Waals surface area contributed by atoms with E-state index in [9.17, 15) is 4.79 Å². The van der Waals surface area contributed by atoms with Crippen molar-refractivity contribution in [3.63, 3.8) is 0 Å². The number of hydrogen-bond donors (Lipinski definition) is 1. The second-order valence-electron chi connectivity index (χ2n) is 7.60. The van der Waals surface area contributed by atoms with Crippen LogP contribution in [0.4, 0.5) is 5.82 Å². The first-order chi connectivity index (χ1) is 15.2. The zero-order valence-electron chi connectivity index (χ0n) is 18.1. The summed E-state index contributed by atoms with van der Waals surface area (Å²) in [6.07, 6.45) is 1.88. The summed E-state index contributed by atoms with van der Waals surface area (Å²) in [4.78, 5) is 20.0. The third-order valence-electron chi connectivity index (χ3n) is 5.45. The van der Waals surface area contributed by atoms with Crippen molar-refractivity contribution in [2.45, 2.75) is 26.3 Å². The van der Waals surface area contributed by atoms with Crippen LogP contribution >= 0.6 is 0 Å². The molecular weight excluding hydrogens is 394 g/mol. The highest BCUT2D eigenvalue weighted by atomic mass is 16.5. The number of hydrogen-bond acceptors (Lipinski definition) is 6. The normalized spacial score (nSPS) is 14.6. The average Bonchev–Trinajstić information content (AvgIpc) is 3.18. The van der Waals surface area contributed by atoms with Gasteiger partial charge in [0.05, 0.1) is 26.9 Å². The van der Waals surface area contributed by atoms with Gasteiger partial charge in [0.1, 0.15) is 17.1 Å². The number of para-hydroxylation sites is 1. The van der Waals surface area contributed by atoms with E-state index < -0.39 is 0 Å². The number of rotatable bonds is 8. The van der Waals surface area contributed by atoms with E-state index in [1.54, 1.807) is 13.2 Å². The molecule has 1 aliphatic heterocycles. The molecule has 0 aliphatic carbocycles. The monoisotopic (exact) mass is 423 g/mol. The Kier molecular flexibility index (Phi) is 6.79. The van der Waals surface area contributed by atoms with E-state index >= 15 is 0 Å². The Hall–Kier alpha value is -2.97. The molecule has 1 saturated heterocycles. The van der Waals surface area contributed by atoms with Crippen molar-refractivity contribution in [2.24, 2.45) is 0 Å². The lowest BCUT2D eigenvalue weighted by Gasteiger charge is -2.26. The van der Waals surface area contributed by atoms with Crippen molar-refractivity contribution in [2.75, 3.05) is 45.3 Å². The largest absolute Gasteiger partial charge is 0.494 e. The lowest BCUT2D eigenvalue weighted by molar-refractivity contribution is 0.0361. The van der Waals surface area contributed by atoms with Crippen molar-refractivity contribution >= 4 is 22.6 Å². The molecule has 2 aromatic heterocycles. The maximum atomic E-state index is 13.1. The highest BCUT2D eigenvalue weighted by molar-refractivity contribution is 6.11. The molecule has 4 rings (SSSR count). The van der Waals surface area contributed by atoms with Crippen LogP contribution in [0.1, 0.15) is 29.5 Å². The lowest BCUT2D eigenvalue weighted by atomic mass is 10.2. The quantitative estimate of drug-likeness (QED) is 0.600. The van der Waals surface area contributed by atoms with E-state index in [-0.39, 0.29) is 5.91 Å². The number of fused-ring (bicyclic) bond motifs is 1. The molecule has 164 valence electrons. The van der Waals surface area contributed by atoms with Gasteiger partial charge in [-0.1, -0.05) is 31.5 Å². The van der Waals surface area contributed by atoms with Gasteiger partial charge in [-0.3, -0.25) is 14.4 Å². The summed E-state index contributed by atoms with van der Waals surface area (Å²) in [5, 5.41) is 8.36. The Morgan fingerprint density at radius 1 is 1.16 bits per heavy atom. The van der Waals surface area contributed by atoms with Crippen LogP contribution in [0.5, 0.6) is 5.75 Å². The highest BCUT2D eigenvalue weighted by Crippen LogP contribution is 2.28. The summed E-state index contributed by atoms with van der Waals surface area (Å²) in [5.41, 5.74) is 2.16. The van der Waals surface area contributed by atoms with Gasteiger partial charge in [0, 0.05) is 30.7 Å². The maximum Gasteiger partial charge on any atom is 0.277 e. The first kappa shape index (κ1) is 21.3. The van der Waals surface area contributed by atoms with Gasteiger partial charge in [-0.15, -0.1) is 0 Å². The zero-order chi connectivity index (χ0) is 21.6. The summed E-state index contributed by atoms with van der Waals surface area (Å²) in [7, 11) is 1.64. The molecule has 0 atom stereocenters. The number of ether oxygens (including phenoxy) is 2. The number of anilines is 1. The van der Waals surface area contributed by atoms with E-state index in [0.29, 0.717) is 23.8 Å². The van der Waals surface area contributed by atoms with Crippen LogP contribution in [0.15, 0.2) is 36.4 Å². The number of amides is 1. The topological polar surface area (TPSA) is 81.5 Å². The van der Waals surface area contributed by atoms with Crippen molar-refractivity contribution in [1.29, 1.82) is 0 Å². The molecule has 1 fully saturated rings. The second kappa shape index (κ2) is 9.89. The Labute approximate surface area is 182 Å². The van der Waals surface area contributed by atoms with Gasteiger partial charge in [-0.25, -0.2) is 4.98 Å². The number of aromatic nitrogens is 3. The maximum absolute atomic E-state index is 13.1. The fourth-order valence-electron chi connectivity index (χ4n) is 3.88. The SMILES string of the molecule is CCCc1cccc(NC(=O)c2nn(CCN3CCOCC3)c3c(OC)cccc23)n1. The van der Waals surface area contributed by atoms with Crippen LogP contribution < -0.4 is 10.1 Å². The van der Waals surface area contributed by atoms with E-state index in [4.69, 9.17) is 9.47 Å². The van der Waals surface area contributed by atoms with Crippen molar-refractivity contribution in [3.8, 4) is 5.75 Å². The van der Waals surface area contributed by atoms with Crippen LogP contribution in [0.25, 0.3) is 10.9 Å². The number of nitrogens with one attached hydrogen (secondary N) is 1. The molecule has 0 unspecified atom stereocenters. The van der Waals surface area contributed by atoms with E-state index in [0.717, 1.165) is 62.3 Å². The first-order valence-corrected chi connectivity index (χ1v) is 10.8. The summed E-state index contributed by atoms with van der Waals surface area (Å²) < 4.78 is 12.9. The van der Waals surface area contributed by atoms with Crippen LogP contribution in [-0.4, -0.2) is 65.5 Å². The molecule has 8 nitrogen and oxygen atoms in total. The van der Waals surface area contributed by atoms with Gasteiger partial charge < -0.3 is 14.8 Å². The van der Waals surface area contributed by atoms with Crippen molar-refractivity contribution in [1.82, 2.24) is 19.7 Å². The number of morpholine rings is 1. The van der Waals surface area contributed by atoms with Gasteiger partial charge >= 0.3 is 0 Å². The van der Waals surface area contributed by atoms with Gasteiger partial charge in [0.2, 0.25) is 0 Å². The summed E-state index contributed by atoms with van der Waals surface area (Å²) in [6, 6.07) is 11.4. The van der Waals surface area contributed by atoms with E-state index in [1.165, 1.54) is 0 Å². The van der Waals surface area contributed by atoms with Crippen molar-refractivity contribution in [3.05, 3.63) is 47.8 Å². The van der Waals surface area contributed by atoms with Gasteiger partial charge in [0.15, 0.2) is 5.69 Å². The predicted molar refractivity (Wildman–Crippen MR) is 120 cm³/mol. The molecule has 1 aromatic carbocycles. The molecule has 1 N–H and O–H groups in total. The fraction of sp³-hybridized carbons (Fsp3) is 0.435. The number of carbonyl (C=O) groups is 1. The van der Waals surface area contributed by atoms with Crippen LogP contribution in [0.3, 0.4) is 0 Å². The number of pyridine rings is 1. The molecule has 1 aliphatic rings. The number of aryl methyl sites for hydroxylation is 1. The molecule has 1 amide bonds. The van der Waals surface area contributed by atoms with Gasteiger partial charge in [-0.2, -0.15) is 5.10 Å². The molecule has 8 heteroatoms. The molecule has 3 aromatic rings. The molecule has 0 saturated carbocycles. The van der Waals surface area contributed by atoms with Crippen molar-refractivity contribution < 1.29 is 14.3 Å². The highest BCUT2D eigenvalue weighted by Gasteiger charge is 2.21. The summed E-state index contributed by atoms with van der Waals surface area (Å²) in [6.45, 7) is 6.92. The fourth-order valence-corrected chi connectivity index (χ4v) is 3.88. The number of methoxy groups -OCH3 is 1. The van der Waals surface area contributed by atoms with Crippen LogP contribution in [0, 0.1) is 0 Å². The minimum atomic E-state index is -0.274. The Balaban J connectivity index is 1.61. The molecule has 0 radical (unpaired) electrons. The third-order valence-corrected chi connectivity index (χ3v) is 5.45. The Bertz CT molecular complexity index is 1040. The second-order valence-corrected chi connectivity index (χ2v) is 7.60. The average molecular weight is 424 g/mol. The molecule has 0 bridgehead atoms. The molecular formula is C23H29N5O3. The van der Waals surface area contributed by atoms with Crippen LogP contribution in [-0.2, 0) is 17.7 Å². The first-order valence-electron chi connectivity index (χ1n) is 10.8. The zero-order valence-corrected chi connectivity index (χ0v) is 18.1. The predicted octanol–water partition coefficient (Wildman–Crippen LogP) is 2.98. The van der Waals surface area contributed by atoms with Crippen LogP contribution in [0.2, 0.25) is 0 Å². The van der Waals surface area contributed by atoms with Gasteiger partial charge in [0.25, 0.3) is 5.91 Å². The molecule has 0 spiro atoms. The number of nitrogens with zero attached hydrogens (tertiary/aromatic N) is 4. The minimum Gasteiger partial charge on any atom is -0.494 e. The Morgan fingerprint density at radius 3 is 2.74 bits per heavy atom. The molecule has 3 heterocycles.